The summed E-state index contributed by atoms with van der Waals surface area (Å²) in [5.74, 6) is 1.05. The van der Waals surface area contributed by atoms with E-state index in [0.29, 0.717) is 11.5 Å². The third-order valence-electron chi connectivity index (χ3n) is 7.13. The summed E-state index contributed by atoms with van der Waals surface area (Å²) < 4.78 is 0. The number of amides is 1. The summed E-state index contributed by atoms with van der Waals surface area (Å²) in [7, 11) is 0. The van der Waals surface area contributed by atoms with Crippen LogP contribution in [0, 0.1) is 17.3 Å². The largest absolute Gasteiger partial charge is 0.356 e. The first-order chi connectivity index (χ1) is 12.4. The number of piperazine rings is 1. The van der Waals surface area contributed by atoms with E-state index in [1.54, 1.807) is 0 Å². The van der Waals surface area contributed by atoms with E-state index in [0.717, 1.165) is 12.5 Å². The predicted molar refractivity (Wildman–Crippen MR) is 107 cm³/mol. The molecule has 0 aromatic heterocycles. The Morgan fingerprint density at radius 1 is 0.962 bits per heavy atom. The van der Waals surface area contributed by atoms with Crippen molar-refractivity contribution in [3.05, 3.63) is 0 Å². The zero-order chi connectivity index (χ0) is 18.7. The molecular weight excluding hydrogens is 324 g/mol. The van der Waals surface area contributed by atoms with Gasteiger partial charge in [-0.15, -0.1) is 0 Å². The first-order valence-corrected chi connectivity index (χ1v) is 10.9. The molecule has 2 heterocycles. The Morgan fingerprint density at radius 3 is 2.08 bits per heavy atom. The zero-order valence-electron chi connectivity index (χ0n) is 17.5. The normalized spacial score (nSPS) is 27.4. The van der Waals surface area contributed by atoms with E-state index in [1.807, 2.05) is 13.8 Å². The quantitative estimate of drug-likeness (QED) is 0.749. The molecular formula is C21H40N4O. The molecule has 1 unspecified atom stereocenters. The summed E-state index contributed by atoms with van der Waals surface area (Å²) in [5, 5.41) is 3.14. The maximum atomic E-state index is 11.8. The van der Waals surface area contributed by atoms with Gasteiger partial charge in [0.25, 0.3) is 0 Å². The first kappa shape index (κ1) is 20.1. The van der Waals surface area contributed by atoms with Crippen molar-refractivity contribution in [3.63, 3.8) is 0 Å². The van der Waals surface area contributed by atoms with Crippen molar-refractivity contribution in [2.45, 2.75) is 53.0 Å². The Morgan fingerprint density at radius 2 is 1.54 bits per heavy atom. The molecule has 1 atom stereocenters. The molecule has 0 aromatic rings. The molecule has 5 nitrogen and oxygen atoms in total. The van der Waals surface area contributed by atoms with Gasteiger partial charge in [0.1, 0.15) is 0 Å². The Hall–Kier alpha value is -0.650. The van der Waals surface area contributed by atoms with Gasteiger partial charge in [0, 0.05) is 57.8 Å². The maximum absolute atomic E-state index is 11.8. The predicted octanol–water partition coefficient (Wildman–Crippen LogP) is 1.89. The van der Waals surface area contributed by atoms with E-state index >= 15 is 0 Å². The lowest BCUT2D eigenvalue weighted by atomic mass is 9.90. The molecule has 1 N–H and O–H groups in total. The van der Waals surface area contributed by atoms with Crippen LogP contribution in [0.15, 0.2) is 0 Å². The fraction of sp³-hybridized carbons (Fsp3) is 0.952. The van der Waals surface area contributed by atoms with Gasteiger partial charge in [0.2, 0.25) is 5.91 Å². The van der Waals surface area contributed by atoms with Crippen LogP contribution in [0.5, 0.6) is 0 Å². The Kier molecular flexibility index (Phi) is 6.63. The Balaban J connectivity index is 1.30. The lowest BCUT2D eigenvalue weighted by Gasteiger charge is -2.39. The molecule has 150 valence electrons. The van der Waals surface area contributed by atoms with Crippen LogP contribution >= 0.6 is 0 Å². The van der Waals surface area contributed by atoms with E-state index in [2.05, 4.69) is 33.9 Å². The number of nitrogens with one attached hydrogen (secondary N) is 1. The molecule has 0 bridgehead atoms. The molecule has 1 aliphatic carbocycles. The lowest BCUT2D eigenvalue weighted by Crippen LogP contribution is -2.50. The van der Waals surface area contributed by atoms with E-state index in [9.17, 15) is 4.79 Å². The summed E-state index contributed by atoms with van der Waals surface area (Å²) in [6.07, 6.45) is 3.99. The average Bonchev–Trinajstić information content (AvgIpc) is 3.31. The summed E-state index contributed by atoms with van der Waals surface area (Å²) in [6, 6.07) is 0.687. The number of likely N-dealkylation sites (tertiary alicyclic amines) is 1. The first-order valence-electron chi connectivity index (χ1n) is 10.9. The fourth-order valence-corrected chi connectivity index (χ4v) is 4.77. The molecule has 1 saturated carbocycles. The third-order valence-corrected chi connectivity index (χ3v) is 7.13. The Labute approximate surface area is 160 Å². The minimum atomic E-state index is 0.106. The highest BCUT2D eigenvalue weighted by Gasteiger charge is 2.54. The second-order valence-corrected chi connectivity index (χ2v) is 9.48. The molecule has 2 saturated heterocycles. The van der Waals surface area contributed by atoms with Gasteiger partial charge in [-0.2, -0.15) is 0 Å². The highest BCUT2D eigenvalue weighted by atomic mass is 16.1. The molecule has 3 rings (SSSR count). The van der Waals surface area contributed by atoms with Gasteiger partial charge < -0.3 is 10.2 Å². The number of rotatable bonds is 7. The molecule has 3 aliphatic rings. The monoisotopic (exact) mass is 364 g/mol. The van der Waals surface area contributed by atoms with E-state index in [-0.39, 0.29) is 11.8 Å². The summed E-state index contributed by atoms with van der Waals surface area (Å²) in [5.41, 5.74) is 0.559. The van der Waals surface area contributed by atoms with Crippen molar-refractivity contribution in [2.75, 3.05) is 58.9 Å². The molecule has 26 heavy (non-hydrogen) atoms. The molecule has 0 aromatic carbocycles. The smallest absolute Gasteiger partial charge is 0.222 e. The van der Waals surface area contributed by atoms with Gasteiger partial charge in [-0.25, -0.2) is 0 Å². The molecule has 1 spiro atoms. The van der Waals surface area contributed by atoms with Gasteiger partial charge in [-0.3, -0.25) is 14.6 Å². The van der Waals surface area contributed by atoms with Crippen LogP contribution in [0.4, 0.5) is 0 Å². The maximum Gasteiger partial charge on any atom is 0.222 e. The van der Waals surface area contributed by atoms with Crippen molar-refractivity contribution >= 4 is 5.91 Å². The van der Waals surface area contributed by atoms with Crippen molar-refractivity contribution < 1.29 is 4.79 Å². The van der Waals surface area contributed by atoms with Crippen molar-refractivity contribution in [2.24, 2.45) is 17.3 Å². The molecule has 0 radical (unpaired) electrons. The van der Waals surface area contributed by atoms with Crippen LogP contribution in [-0.4, -0.2) is 85.6 Å². The van der Waals surface area contributed by atoms with E-state index < -0.39 is 0 Å². The van der Waals surface area contributed by atoms with Crippen LogP contribution in [0.3, 0.4) is 0 Å². The average molecular weight is 365 g/mol. The molecule has 2 aliphatic heterocycles. The van der Waals surface area contributed by atoms with Crippen LogP contribution < -0.4 is 5.32 Å². The number of carbonyl (C=O) groups is 1. The van der Waals surface area contributed by atoms with Crippen molar-refractivity contribution in [3.8, 4) is 0 Å². The van der Waals surface area contributed by atoms with Gasteiger partial charge in [0.15, 0.2) is 0 Å². The summed E-state index contributed by atoms with van der Waals surface area (Å²) in [4.78, 5) is 19.7. The topological polar surface area (TPSA) is 38.8 Å². The van der Waals surface area contributed by atoms with Crippen molar-refractivity contribution in [1.29, 1.82) is 0 Å². The highest BCUT2D eigenvalue weighted by Crippen LogP contribution is 2.58. The van der Waals surface area contributed by atoms with Crippen LogP contribution in [-0.2, 0) is 4.79 Å². The number of piperidine rings is 1. The fourth-order valence-electron chi connectivity index (χ4n) is 4.77. The highest BCUT2D eigenvalue weighted by molar-refractivity contribution is 5.77. The van der Waals surface area contributed by atoms with Crippen LogP contribution in [0.1, 0.15) is 47.0 Å². The molecule has 1 amide bonds. The van der Waals surface area contributed by atoms with Crippen LogP contribution in [0.25, 0.3) is 0 Å². The third kappa shape index (κ3) is 4.99. The minimum absolute atomic E-state index is 0.106. The number of hydrogen-bond acceptors (Lipinski definition) is 4. The molecule has 5 heteroatoms. The minimum Gasteiger partial charge on any atom is -0.356 e. The number of carbonyl (C=O) groups excluding carboxylic acids is 1. The SMILES string of the molecule is CC(C)C(=O)NCC1CC12CCN(CCN1CCN(C(C)C)CC1)CC2. The lowest BCUT2D eigenvalue weighted by molar-refractivity contribution is -0.124. The van der Waals surface area contributed by atoms with E-state index in [1.165, 1.54) is 71.6 Å². The van der Waals surface area contributed by atoms with E-state index in [4.69, 9.17) is 0 Å². The van der Waals surface area contributed by atoms with Crippen molar-refractivity contribution in [1.82, 2.24) is 20.0 Å². The summed E-state index contributed by atoms with van der Waals surface area (Å²) >= 11 is 0. The number of nitrogens with zero attached hydrogens (tertiary/aromatic N) is 3. The van der Waals surface area contributed by atoms with Gasteiger partial charge in [-0.05, 0) is 57.5 Å². The van der Waals surface area contributed by atoms with Gasteiger partial charge in [0.05, 0.1) is 0 Å². The zero-order valence-corrected chi connectivity index (χ0v) is 17.5. The van der Waals surface area contributed by atoms with Gasteiger partial charge in [-0.1, -0.05) is 13.8 Å². The second kappa shape index (κ2) is 8.57. The van der Waals surface area contributed by atoms with Gasteiger partial charge >= 0.3 is 0 Å². The Bertz CT molecular complexity index is 463. The number of hydrogen-bond donors (Lipinski definition) is 1. The van der Waals surface area contributed by atoms with Crippen LogP contribution in [0.2, 0.25) is 0 Å². The summed E-state index contributed by atoms with van der Waals surface area (Å²) in [6.45, 7) is 19.3. The molecule has 3 fully saturated rings. The standard InChI is InChI=1S/C21H40N4O/c1-17(2)20(26)22-16-19-15-21(19)5-7-23(8-6-21)9-10-24-11-13-25(14-12-24)18(3)4/h17-19H,5-16H2,1-4H3,(H,22,26). The second-order valence-electron chi connectivity index (χ2n) is 9.48.